The van der Waals surface area contributed by atoms with Gasteiger partial charge < -0.3 is 19.3 Å². The van der Waals surface area contributed by atoms with Crippen LogP contribution in [-0.2, 0) is 6.42 Å². The van der Waals surface area contributed by atoms with Gasteiger partial charge in [0.2, 0.25) is 0 Å². The van der Waals surface area contributed by atoms with Gasteiger partial charge in [-0.2, -0.15) is 0 Å². The van der Waals surface area contributed by atoms with Crippen LogP contribution in [0.5, 0.6) is 11.5 Å². The van der Waals surface area contributed by atoms with E-state index >= 15 is 0 Å². The Morgan fingerprint density at radius 3 is 2.29 bits per heavy atom. The van der Waals surface area contributed by atoms with Crippen molar-refractivity contribution in [3.8, 4) is 11.5 Å². The molecule has 0 atom stereocenters. The Balaban J connectivity index is 2.13. The molecule has 0 unspecified atom stereocenters. The number of likely N-dealkylation sites (N-methyl/N-ethyl adjacent to an activating group) is 1. The molecule has 8 heteroatoms. The molecular formula is C20H25N3O5. The second-order valence-electron chi connectivity index (χ2n) is 6.52. The Labute approximate surface area is 164 Å². The maximum absolute atomic E-state index is 12.7. The standard InChI is InChI=1S/C20H25N3O5/c1-21(2)16-8-7-15(13-17(16)23(25)26)20(24)22(3)11-10-14-6-9-18(27-4)19(12-14)28-5/h6-9,12-13H,10-11H2,1-5H3. The maximum atomic E-state index is 12.7. The number of rotatable bonds is 8. The highest BCUT2D eigenvalue weighted by Crippen LogP contribution is 2.29. The van der Waals surface area contributed by atoms with E-state index in [0.717, 1.165) is 5.56 Å². The number of hydrogen-bond acceptors (Lipinski definition) is 6. The zero-order chi connectivity index (χ0) is 20.8. The average molecular weight is 387 g/mol. The minimum atomic E-state index is -0.476. The molecule has 2 aromatic rings. The summed E-state index contributed by atoms with van der Waals surface area (Å²) >= 11 is 0. The van der Waals surface area contributed by atoms with Crippen molar-refractivity contribution in [3.05, 3.63) is 57.6 Å². The van der Waals surface area contributed by atoms with Crippen LogP contribution in [-0.4, -0.2) is 57.6 Å². The van der Waals surface area contributed by atoms with Crippen LogP contribution in [0.15, 0.2) is 36.4 Å². The highest BCUT2D eigenvalue weighted by atomic mass is 16.6. The number of carbonyl (C=O) groups is 1. The van der Waals surface area contributed by atoms with E-state index in [-0.39, 0.29) is 17.2 Å². The Kier molecular flexibility index (Phi) is 6.81. The van der Waals surface area contributed by atoms with Crippen LogP contribution in [0.1, 0.15) is 15.9 Å². The van der Waals surface area contributed by atoms with Crippen molar-refractivity contribution < 1.29 is 19.2 Å². The van der Waals surface area contributed by atoms with Gasteiger partial charge in [0.25, 0.3) is 11.6 Å². The Bertz CT molecular complexity index is 867. The van der Waals surface area contributed by atoms with E-state index in [9.17, 15) is 14.9 Å². The van der Waals surface area contributed by atoms with Crippen LogP contribution in [0.4, 0.5) is 11.4 Å². The molecule has 0 bridgehead atoms. The molecule has 150 valence electrons. The van der Waals surface area contributed by atoms with Gasteiger partial charge in [0.15, 0.2) is 11.5 Å². The van der Waals surface area contributed by atoms with Crippen LogP contribution < -0.4 is 14.4 Å². The lowest BCUT2D eigenvalue weighted by Gasteiger charge is -2.19. The molecule has 2 rings (SSSR count). The molecule has 2 aromatic carbocycles. The Morgan fingerprint density at radius 1 is 1.04 bits per heavy atom. The number of anilines is 1. The fraction of sp³-hybridized carbons (Fsp3) is 0.350. The van der Waals surface area contributed by atoms with Gasteiger partial charge in [0.1, 0.15) is 5.69 Å². The van der Waals surface area contributed by atoms with Crippen molar-refractivity contribution in [2.75, 3.05) is 46.8 Å². The average Bonchev–Trinajstić information content (AvgIpc) is 2.70. The lowest BCUT2D eigenvalue weighted by molar-refractivity contribution is -0.384. The van der Waals surface area contributed by atoms with Crippen molar-refractivity contribution in [1.82, 2.24) is 4.90 Å². The zero-order valence-corrected chi connectivity index (χ0v) is 16.8. The summed E-state index contributed by atoms with van der Waals surface area (Å²) in [4.78, 5) is 26.7. The highest BCUT2D eigenvalue weighted by molar-refractivity contribution is 5.95. The van der Waals surface area contributed by atoms with E-state index in [1.807, 2.05) is 18.2 Å². The number of nitro groups is 1. The molecule has 0 aliphatic heterocycles. The number of hydrogen-bond donors (Lipinski definition) is 0. The Hall–Kier alpha value is -3.29. The van der Waals surface area contributed by atoms with Crippen molar-refractivity contribution in [1.29, 1.82) is 0 Å². The van der Waals surface area contributed by atoms with Gasteiger partial charge in [-0.1, -0.05) is 6.07 Å². The molecule has 0 heterocycles. The summed E-state index contributed by atoms with van der Waals surface area (Å²) in [6.07, 6.45) is 0.612. The first-order valence-electron chi connectivity index (χ1n) is 8.70. The first-order valence-corrected chi connectivity index (χ1v) is 8.70. The minimum Gasteiger partial charge on any atom is -0.493 e. The molecule has 0 aliphatic carbocycles. The molecular weight excluding hydrogens is 362 g/mol. The second kappa shape index (κ2) is 9.07. The van der Waals surface area contributed by atoms with Gasteiger partial charge in [-0.3, -0.25) is 14.9 Å². The number of methoxy groups -OCH3 is 2. The maximum Gasteiger partial charge on any atom is 0.293 e. The molecule has 28 heavy (non-hydrogen) atoms. The molecule has 0 aliphatic rings. The van der Waals surface area contributed by atoms with Crippen molar-refractivity contribution in [2.24, 2.45) is 0 Å². The largest absolute Gasteiger partial charge is 0.493 e. The molecule has 0 saturated carbocycles. The monoisotopic (exact) mass is 387 g/mol. The predicted octanol–water partition coefficient (Wildman–Crippen LogP) is 2.99. The molecule has 1 amide bonds. The van der Waals surface area contributed by atoms with Crippen LogP contribution in [0.3, 0.4) is 0 Å². The first-order chi connectivity index (χ1) is 13.3. The van der Waals surface area contributed by atoms with Crippen molar-refractivity contribution >= 4 is 17.3 Å². The Morgan fingerprint density at radius 2 is 1.71 bits per heavy atom. The third-order valence-corrected chi connectivity index (χ3v) is 4.43. The molecule has 8 nitrogen and oxygen atoms in total. The summed E-state index contributed by atoms with van der Waals surface area (Å²) in [5.74, 6) is 1.00. The van der Waals surface area contributed by atoms with Gasteiger partial charge in [0.05, 0.1) is 19.1 Å². The molecule has 0 N–H and O–H groups in total. The van der Waals surface area contributed by atoms with Crippen LogP contribution in [0.2, 0.25) is 0 Å². The first kappa shape index (κ1) is 21.0. The van der Waals surface area contributed by atoms with E-state index < -0.39 is 4.92 Å². The smallest absolute Gasteiger partial charge is 0.293 e. The quantitative estimate of drug-likeness (QED) is 0.511. The van der Waals surface area contributed by atoms with Gasteiger partial charge in [-0.05, 0) is 36.2 Å². The van der Waals surface area contributed by atoms with Gasteiger partial charge >= 0.3 is 0 Å². The van der Waals surface area contributed by atoms with Crippen molar-refractivity contribution in [3.63, 3.8) is 0 Å². The second-order valence-corrected chi connectivity index (χ2v) is 6.52. The van der Waals surface area contributed by atoms with Crippen molar-refractivity contribution in [2.45, 2.75) is 6.42 Å². The van der Waals surface area contributed by atoms with Crippen LogP contribution >= 0.6 is 0 Å². The van der Waals surface area contributed by atoms with E-state index in [4.69, 9.17) is 9.47 Å². The molecule has 0 saturated heterocycles. The third kappa shape index (κ3) is 4.70. The molecule has 0 aromatic heterocycles. The van der Waals surface area contributed by atoms with E-state index in [1.54, 1.807) is 57.3 Å². The summed E-state index contributed by atoms with van der Waals surface area (Å²) in [7, 11) is 8.26. The SMILES string of the molecule is COc1ccc(CCN(C)C(=O)c2ccc(N(C)C)c([N+](=O)[O-])c2)cc1OC. The third-order valence-electron chi connectivity index (χ3n) is 4.43. The fourth-order valence-electron chi connectivity index (χ4n) is 2.84. The van der Waals surface area contributed by atoms with Gasteiger partial charge in [-0.25, -0.2) is 0 Å². The fourth-order valence-corrected chi connectivity index (χ4v) is 2.84. The van der Waals surface area contributed by atoms with Gasteiger partial charge in [-0.15, -0.1) is 0 Å². The van der Waals surface area contributed by atoms with E-state index in [2.05, 4.69) is 0 Å². The summed E-state index contributed by atoms with van der Waals surface area (Å²) in [5, 5.41) is 11.3. The van der Waals surface area contributed by atoms with Gasteiger partial charge in [0, 0.05) is 39.3 Å². The molecule has 0 spiro atoms. The summed E-state index contributed by atoms with van der Waals surface area (Å²) in [6.45, 7) is 0.456. The summed E-state index contributed by atoms with van der Waals surface area (Å²) in [6, 6.07) is 10.1. The minimum absolute atomic E-state index is 0.0934. The summed E-state index contributed by atoms with van der Waals surface area (Å²) < 4.78 is 10.5. The normalized spacial score (nSPS) is 10.3. The molecule has 0 fully saturated rings. The van der Waals surface area contributed by atoms with Crippen LogP contribution in [0.25, 0.3) is 0 Å². The number of amides is 1. The predicted molar refractivity (Wildman–Crippen MR) is 108 cm³/mol. The lowest BCUT2D eigenvalue weighted by Crippen LogP contribution is -2.29. The van der Waals surface area contributed by atoms with E-state index in [1.165, 1.54) is 6.07 Å². The number of benzene rings is 2. The van der Waals surface area contributed by atoms with E-state index in [0.29, 0.717) is 30.2 Å². The topological polar surface area (TPSA) is 85.2 Å². The molecule has 0 radical (unpaired) electrons. The summed E-state index contributed by atoms with van der Waals surface area (Å²) in [5.41, 5.74) is 1.64. The highest BCUT2D eigenvalue weighted by Gasteiger charge is 2.20. The number of ether oxygens (including phenoxy) is 2. The van der Waals surface area contributed by atoms with Crippen LogP contribution in [0, 0.1) is 10.1 Å². The number of carbonyl (C=O) groups excluding carboxylic acids is 1. The zero-order valence-electron chi connectivity index (χ0n) is 16.8. The lowest BCUT2D eigenvalue weighted by atomic mass is 10.1. The number of nitro benzene ring substituents is 1. The number of nitrogens with zero attached hydrogens (tertiary/aromatic N) is 3.